The fraction of sp³-hybridized carbons (Fsp3) is 0.300. The van der Waals surface area contributed by atoms with Crippen LogP contribution in [0.3, 0.4) is 0 Å². The van der Waals surface area contributed by atoms with Gasteiger partial charge in [-0.25, -0.2) is 9.37 Å². The number of aromatic amines is 1. The number of H-pyrrole nitrogens is 1. The third kappa shape index (κ3) is 4.71. The summed E-state index contributed by atoms with van der Waals surface area (Å²) < 4.78 is 23.6. The molecule has 156 valence electrons. The Bertz CT molecular complexity index is 1050. The lowest BCUT2D eigenvalue weighted by Gasteiger charge is -2.27. The van der Waals surface area contributed by atoms with Crippen molar-refractivity contribution in [2.75, 3.05) is 31.2 Å². The molecule has 1 fully saturated rings. The summed E-state index contributed by atoms with van der Waals surface area (Å²) in [6.07, 6.45) is 1.60. The maximum Gasteiger partial charge on any atom is 0.290 e. The topological polar surface area (TPSA) is 113 Å². The fourth-order valence-electron chi connectivity index (χ4n) is 3.24. The van der Waals surface area contributed by atoms with Crippen LogP contribution in [0.5, 0.6) is 0 Å². The molecule has 4 rings (SSSR count). The van der Waals surface area contributed by atoms with E-state index in [9.17, 15) is 14.0 Å². The zero-order valence-electron chi connectivity index (χ0n) is 16.0. The number of halogens is 1. The standard InChI is InChI=1S/C20H20FN5O4/c21-14-3-1-13(2-4-14)16(24-19(28)17-5-6-22-30-17)11-15-12-18(27)25-20(23-15)26-7-9-29-10-8-26/h1-6,12,16H,7-11H2,(H,24,28)(H,23,25,27)/t16-/m1/s1. The van der Waals surface area contributed by atoms with Crippen LogP contribution >= 0.6 is 0 Å². The number of ether oxygens (including phenoxy) is 1. The number of amides is 1. The van der Waals surface area contributed by atoms with E-state index >= 15 is 0 Å². The molecule has 9 nitrogen and oxygen atoms in total. The first-order valence-electron chi connectivity index (χ1n) is 9.48. The van der Waals surface area contributed by atoms with Crippen molar-refractivity contribution in [2.45, 2.75) is 12.5 Å². The largest absolute Gasteiger partial charge is 0.378 e. The van der Waals surface area contributed by atoms with Gasteiger partial charge in [-0.15, -0.1) is 0 Å². The third-order valence-corrected chi connectivity index (χ3v) is 4.75. The van der Waals surface area contributed by atoms with Crippen molar-refractivity contribution in [3.8, 4) is 0 Å². The van der Waals surface area contributed by atoms with Gasteiger partial charge in [-0.05, 0) is 17.7 Å². The molecule has 3 heterocycles. The number of nitrogens with one attached hydrogen (secondary N) is 2. The average molecular weight is 413 g/mol. The number of carbonyl (C=O) groups is 1. The molecule has 0 aliphatic carbocycles. The van der Waals surface area contributed by atoms with Gasteiger partial charge in [-0.2, -0.15) is 0 Å². The van der Waals surface area contributed by atoms with E-state index in [0.29, 0.717) is 43.5 Å². The van der Waals surface area contributed by atoms with E-state index in [2.05, 4.69) is 20.4 Å². The number of morpholine rings is 1. The fourth-order valence-corrected chi connectivity index (χ4v) is 3.24. The summed E-state index contributed by atoms with van der Waals surface area (Å²) >= 11 is 0. The number of aromatic nitrogens is 3. The van der Waals surface area contributed by atoms with E-state index in [-0.39, 0.29) is 23.6 Å². The summed E-state index contributed by atoms with van der Waals surface area (Å²) in [6, 6.07) is 8.06. The molecule has 1 aliphatic rings. The third-order valence-electron chi connectivity index (χ3n) is 4.75. The summed E-state index contributed by atoms with van der Waals surface area (Å²) in [5, 5.41) is 6.38. The van der Waals surface area contributed by atoms with Gasteiger partial charge in [0.05, 0.1) is 31.1 Å². The van der Waals surface area contributed by atoms with E-state index < -0.39 is 11.9 Å². The van der Waals surface area contributed by atoms with Crippen LogP contribution in [0, 0.1) is 5.82 Å². The molecule has 0 saturated carbocycles. The molecule has 10 heteroatoms. The van der Waals surface area contributed by atoms with Crippen LogP contribution in [-0.2, 0) is 11.2 Å². The normalized spacial score (nSPS) is 15.0. The van der Waals surface area contributed by atoms with E-state index in [1.807, 2.05) is 4.90 Å². The Morgan fingerprint density at radius 1 is 1.23 bits per heavy atom. The quantitative estimate of drug-likeness (QED) is 0.629. The number of hydrogen-bond donors (Lipinski definition) is 2. The van der Waals surface area contributed by atoms with Crippen molar-refractivity contribution < 1.29 is 18.4 Å². The van der Waals surface area contributed by atoms with Crippen molar-refractivity contribution in [3.05, 3.63) is 75.8 Å². The van der Waals surface area contributed by atoms with Crippen molar-refractivity contribution in [1.29, 1.82) is 0 Å². The van der Waals surface area contributed by atoms with Crippen LogP contribution in [0.4, 0.5) is 10.3 Å². The number of nitrogens with zero attached hydrogens (tertiary/aromatic N) is 3. The molecule has 2 N–H and O–H groups in total. The molecule has 30 heavy (non-hydrogen) atoms. The lowest BCUT2D eigenvalue weighted by atomic mass is 10.0. The second-order valence-electron chi connectivity index (χ2n) is 6.82. The lowest BCUT2D eigenvalue weighted by molar-refractivity contribution is 0.0899. The first-order chi connectivity index (χ1) is 14.6. The monoisotopic (exact) mass is 413 g/mol. The average Bonchev–Trinajstić information content (AvgIpc) is 3.29. The molecule has 0 spiro atoms. The molecule has 1 aromatic carbocycles. The molecule has 1 aliphatic heterocycles. The van der Waals surface area contributed by atoms with Crippen LogP contribution in [0.1, 0.15) is 27.9 Å². The minimum Gasteiger partial charge on any atom is -0.378 e. The van der Waals surface area contributed by atoms with Crippen LogP contribution in [0.2, 0.25) is 0 Å². The Morgan fingerprint density at radius 3 is 2.70 bits per heavy atom. The number of carbonyl (C=O) groups excluding carboxylic acids is 1. The molecule has 1 saturated heterocycles. The van der Waals surface area contributed by atoms with Crippen molar-refractivity contribution >= 4 is 11.9 Å². The van der Waals surface area contributed by atoms with Crippen molar-refractivity contribution in [2.24, 2.45) is 0 Å². The zero-order valence-corrected chi connectivity index (χ0v) is 16.0. The summed E-state index contributed by atoms with van der Waals surface area (Å²) in [5.41, 5.74) is 0.868. The Morgan fingerprint density at radius 2 is 2.00 bits per heavy atom. The molecular formula is C20H20FN5O4. The van der Waals surface area contributed by atoms with Gasteiger partial charge >= 0.3 is 0 Å². The van der Waals surface area contributed by atoms with Gasteiger partial charge in [-0.3, -0.25) is 14.6 Å². The molecule has 1 amide bonds. The van der Waals surface area contributed by atoms with Gasteiger partial charge in [0.1, 0.15) is 5.82 Å². The summed E-state index contributed by atoms with van der Waals surface area (Å²) in [5.74, 6) is -0.349. The lowest BCUT2D eigenvalue weighted by Crippen LogP contribution is -2.38. The Kier molecular flexibility index (Phi) is 5.84. The number of benzene rings is 1. The van der Waals surface area contributed by atoms with Gasteiger partial charge in [0.25, 0.3) is 11.5 Å². The second kappa shape index (κ2) is 8.87. The summed E-state index contributed by atoms with van der Waals surface area (Å²) in [4.78, 5) is 34.0. The molecule has 0 unspecified atom stereocenters. The Hall–Kier alpha value is -3.53. The van der Waals surface area contributed by atoms with Gasteiger partial charge in [0, 0.05) is 31.6 Å². The zero-order chi connectivity index (χ0) is 20.9. The van der Waals surface area contributed by atoms with Crippen LogP contribution in [0.25, 0.3) is 0 Å². The molecule has 3 aromatic rings. The first kappa shape index (κ1) is 19.8. The van der Waals surface area contributed by atoms with Crippen LogP contribution in [0.15, 0.2) is 51.9 Å². The first-order valence-corrected chi connectivity index (χ1v) is 9.48. The molecular weight excluding hydrogens is 393 g/mol. The maximum absolute atomic E-state index is 13.4. The molecule has 0 radical (unpaired) electrons. The Balaban J connectivity index is 1.60. The summed E-state index contributed by atoms with van der Waals surface area (Å²) in [6.45, 7) is 2.35. The number of anilines is 1. The minimum atomic E-state index is -0.560. The van der Waals surface area contributed by atoms with Gasteiger partial charge in [0.2, 0.25) is 11.7 Å². The van der Waals surface area contributed by atoms with Crippen molar-refractivity contribution in [3.63, 3.8) is 0 Å². The van der Waals surface area contributed by atoms with Crippen molar-refractivity contribution in [1.82, 2.24) is 20.4 Å². The second-order valence-corrected chi connectivity index (χ2v) is 6.82. The Labute approximate surface area is 170 Å². The summed E-state index contributed by atoms with van der Waals surface area (Å²) in [7, 11) is 0. The highest BCUT2D eigenvalue weighted by atomic mass is 19.1. The molecule has 0 bridgehead atoms. The smallest absolute Gasteiger partial charge is 0.290 e. The highest BCUT2D eigenvalue weighted by molar-refractivity contribution is 5.91. The number of rotatable bonds is 6. The van der Waals surface area contributed by atoms with Gasteiger partial charge in [-0.1, -0.05) is 17.3 Å². The van der Waals surface area contributed by atoms with E-state index in [0.717, 1.165) is 0 Å². The SMILES string of the molecule is O=C(N[C@H](Cc1cc(=O)[nH]c(N2CCOCC2)n1)c1ccc(F)cc1)c1ccno1. The maximum atomic E-state index is 13.4. The predicted octanol–water partition coefficient (Wildman–Crippen LogP) is 1.45. The van der Waals surface area contributed by atoms with Crippen LogP contribution in [-0.4, -0.2) is 47.3 Å². The van der Waals surface area contributed by atoms with E-state index in [4.69, 9.17) is 9.26 Å². The predicted molar refractivity (Wildman–Crippen MR) is 105 cm³/mol. The van der Waals surface area contributed by atoms with Crippen LogP contribution < -0.4 is 15.8 Å². The van der Waals surface area contributed by atoms with Gasteiger partial charge in [0.15, 0.2) is 0 Å². The molecule has 1 atom stereocenters. The highest BCUT2D eigenvalue weighted by Gasteiger charge is 2.21. The van der Waals surface area contributed by atoms with Gasteiger partial charge < -0.3 is 19.5 Å². The van der Waals surface area contributed by atoms with E-state index in [1.165, 1.54) is 30.5 Å². The molecule has 2 aromatic heterocycles. The number of hydrogen-bond acceptors (Lipinski definition) is 7. The van der Waals surface area contributed by atoms with E-state index in [1.54, 1.807) is 12.1 Å². The highest BCUT2D eigenvalue weighted by Crippen LogP contribution is 2.20. The minimum absolute atomic E-state index is 0.0509.